The Balaban J connectivity index is 0.000000240. The van der Waals surface area contributed by atoms with E-state index < -0.39 is 23.9 Å². The molecule has 55 heavy (non-hydrogen) atoms. The largest absolute Gasteiger partial charge is 0.462 e. The molecule has 4 heterocycles. The van der Waals surface area contributed by atoms with E-state index in [1.165, 1.54) is 33.6 Å². The van der Waals surface area contributed by atoms with Gasteiger partial charge in [-0.3, -0.25) is 10.6 Å². The number of hydrogen-bond acceptors (Lipinski definition) is 16. The Labute approximate surface area is 330 Å². The number of fused-ring (bicyclic) bond motifs is 6. The van der Waals surface area contributed by atoms with Crippen molar-refractivity contribution in [1.29, 1.82) is 0 Å². The molecular weight excluding hydrogens is 749 g/mol. The third-order valence-electron chi connectivity index (χ3n) is 8.86. The van der Waals surface area contributed by atoms with Gasteiger partial charge in [-0.2, -0.15) is 0 Å². The van der Waals surface area contributed by atoms with Crippen molar-refractivity contribution < 1.29 is 43.6 Å². The lowest BCUT2D eigenvalue weighted by Crippen LogP contribution is -2.28. The zero-order valence-electron chi connectivity index (χ0n) is 32.2. The summed E-state index contributed by atoms with van der Waals surface area (Å²) in [5, 5.41) is 13.2. The van der Waals surface area contributed by atoms with E-state index in [0.29, 0.717) is 0 Å². The summed E-state index contributed by atoms with van der Waals surface area (Å²) in [5.41, 5.74) is 6.72. The van der Waals surface area contributed by atoms with Gasteiger partial charge in [0.25, 0.3) is 0 Å². The SMILES string of the molecule is CCOC(=O)C(=CNc1cc2c(cc1CC)N1CCNC1S2)C(=O)OCC.CCOC(=O)C(=CNc1cc2c(cc1CC)N1CCNC1S2)C(=O)OCC.O. The maximum absolute atomic E-state index is 12.1. The van der Waals surface area contributed by atoms with E-state index >= 15 is 0 Å². The average molecular weight is 801 g/mol. The minimum atomic E-state index is -0.693. The molecule has 0 aliphatic carbocycles. The van der Waals surface area contributed by atoms with Crippen LogP contribution in [0.1, 0.15) is 52.7 Å². The second kappa shape index (κ2) is 20.5. The van der Waals surface area contributed by atoms with Gasteiger partial charge in [0.1, 0.15) is 11.0 Å². The van der Waals surface area contributed by atoms with Gasteiger partial charge in [-0.05, 0) is 75.9 Å². The molecule has 2 fully saturated rings. The summed E-state index contributed by atoms with van der Waals surface area (Å²) < 4.78 is 19.9. The van der Waals surface area contributed by atoms with Crippen LogP contribution in [-0.4, -0.2) is 93.0 Å². The number of thioether (sulfide) groups is 2. The minimum absolute atomic E-state index is 0. The predicted molar refractivity (Wildman–Crippen MR) is 215 cm³/mol. The van der Waals surface area contributed by atoms with E-state index in [-0.39, 0.29) is 54.0 Å². The molecule has 6 rings (SSSR count). The second-order valence-corrected chi connectivity index (χ2v) is 14.4. The summed E-state index contributed by atoms with van der Waals surface area (Å²) in [7, 11) is 0. The van der Waals surface area contributed by atoms with Gasteiger partial charge in [0, 0.05) is 59.7 Å². The van der Waals surface area contributed by atoms with Crippen molar-refractivity contribution in [1.82, 2.24) is 10.6 Å². The standard InChI is InChI=1S/2C19H25N3O4S.H2O/c2*1-4-12-9-15-16(27-19-20-7-8-22(15)19)10-14(12)21-11-13(17(23)25-5-2)18(24)26-6-3;/h2*9-11,19-21H,4-8H2,1-3H3;1H2. The number of nitrogens with one attached hydrogen (secondary N) is 4. The molecular formula is C38H52N6O9S2. The quantitative estimate of drug-likeness (QED) is 0.0701. The first-order valence-electron chi connectivity index (χ1n) is 18.5. The van der Waals surface area contributed by atoms with E-state index in [1.807, 2.05) is 0 Å². The van der Waals surface area contributed by atoms with E-state index in [1.54, 1.807) is 51.2 Å². The summed E-state index contributed by atoms with van der Waals surface area (Å²) in [4.78, 5) is 55.5. The second-order valence-electron chi connectivity index (χ2n) is 12.2. The van der Waals surface area contributed by atoms with E-state index in [9.17, 15) is 19.2 Å². The Kier molecular flexibility index (Phi) is 16.1. The van der Waals surface area contributed by atoms with E-state index in [2.05, 4.69) is 69.2 Å². The number of carbonyl (C=O) groups excluding carboxylic acids is 4. The third-order valence-corrected chi connectivity index (χ3v) is 11.3. The van der Waals surface area contributed by atoms with Gasteiger partial charge in [-0.1, -0.05) is 37.4 Å². The van der Waals surface area contributed by atoms with Crippen molar-refractivity contribution in [2.24, 2.45) is 0 Å². The molecule has 17 heteroatoms. The minimum Gasteiger partial charge on any atom is -0.462 e. The molecule has 0 amide bonds. The molecule has 0 bridgehead atoms. The average Bonchev–Trinajstić information content (AvgIpc) is 3.94. The highest BCUT2D eigenvalue weighted by molar-refractivity contribution is 8.00. The van der Waals surface area contributed by atoms with Gasteiger partial charge in [-0.25, -0.2) is 19.2 Å². The third kappa shape index (κ3) is 10.1. The van der Waals surface area contributed by atoms with Crippen molar-refractivity contribution in [3.05, 3.63) is 58.9 Å². The molecule has 6 N–H and O–H groups in total. The van der Waals surface area contributed by atoms with Crippen molar-refractivity contribution in [2.45, 2.75) is 75.2 Å². The number of benzene rings is 2. The molecule has 300 valence electrons. The zero-order valence-corrected chi connectivity index (χ0v) is 33.8. The van der Waals surface area contributed by atoms with Crippen LogP contribution in [0.5, 0.6) is 0 Å². The molecule has 0 aromatic heterocycles. The fourth-order valence-electron chi connectivity index (χ4n) is 6.27. The maximum atomic E-state index is 12.1. The van der Waals surface area contributed by atoms with Gasteiger partial charge in [0.2, 0.25) is 0 Å². The van der Waals surface area contributed by atoms with Crippen molar-refractivity contribution in [3.63, 3.8) is 0 Å². The molecule has 4 aliphatic heterocycles. The summed E-state index contributed by atoms with van der Waals surface area (Å²) >= 11 is 3.55. The number of nitrogens with zero attached hydrogens (tertiary/aromatic N) is 2. The van der Waals surface area contributed by atoms with Crippen LogP contribution < -0.4 is 31.1 Å². The number of hydrogen-bond donors (Lipinski definition) is 4. The highest BCUT2D eigenvalue weighted by Crippen LogP contribution is 2.47. The fraction of sp³-hybridized carbons (Fsp3) is 0.474. The number of anilines is 4. The number of esters is 4. The van der Waals surface area contributed by atoms with Crippen molar-refractivity contribution in [2.75, 3.05) is 73.0 Å². The molecule has 2 unspecified atom stereocenters. The molecule has 2 atom stereocenters. The molecule has 0 saturated carbocycles. The highest BCUT2D eigenvalue weighted by Gasteiger charge is 2.35. The van der Waals surface area contributed by atoms with Crippen LogP contribution >= 0.6 is 23.5 Å². The molecule has 0 radical (unpaired) electrons. The number of aryl methyl sites for hydroxylation is 2. The van der Waals surface area contributed by atoms with E-state index in [4.69, 9.17) is 18.9 Å². The van der Waals surface area contributed by atoms with Crippen LogP contribution in [0.15, 0.2) is 57.6 Å². The fourth-order valence-corrected chi connectivity index (χ4v) is 8.81. The monoisotopic (exact) mass is 800 g/mol. The number of ether oxygens (including phenoxy) is 4. The Morgan fingerprint density at radius 2 is 0.982 bits per heavy atom. The van der Waals surface area contributed by atoms with E-state index in [0.717, 1.165) is 61.5 Å². The summed E-state index contributed by atoms with van der Waals surface area (Å²) in [6.45, 7) is 15.7. The zero-order chi connectivity index (χ0) is 38.8. The predicted octanol–water partition coefficient (Wildman–Crippen LogP) is 4.12. The van der Waals surface area contributed by atoms with Gasteiger partial charge >= 0.3 is 23.9 Å². The normalized spacial score (nSPS) is 16.8. The molecule has 0 spiro atoms. The smallest absolute Gasteiger partial charge is 0.347 e. The van der Waals surface area contributed by atoms with Crippen LogP contribution in [0.4, 0.5) is 22.7 Å². The lowest BCUT2D eigenvalue weighted by Gasteiger charge is -2.18. The van der Waals surface area contributed by atoms with Crippen LogP contribution in [-0.2, 0) is 51.0 Å². The van der Waals surface area contributed by atoms with Crippen molar-refractivity contribution >= 4 is 70.2 Å². The lowest BCUT2D eigenvalue weighted by molar-refractivity contribution is -0.148. The lowest BCUT2D eigenvalue weighted by atomic mass is 10.1. The number of rotatable bonds is 14. The first-order chi connectivity index (χ1) is 26.2. The first kappa shape index (κ1) is 43.3. The summed E-state index contributed by atoms with van der Waals surface area (Å²) in [6, 6.07) is 8.51. The Bertz CT molecular complexity index is 1620. The van der Waals surface area contributed by atoms with Gasteiger partial charge in [0.05, 0.1) is 37.8 Å². The number of carbonyl (C=O) groups is 4. The highest BCUT2D eigenvalue weighted by atomic mass is 32.2. The van der Waals surface area contributed by atoms with Crippen LogP contribution in [0.3, 0.4) is 0 Å². The molecule has 2 aromatic rings. The molecule has 2 saturated heterocycles. The van der Waals surface area contributed by atoms with Gasteiger partial charge in [0.15, 0.2) is 11.1 Å². The van der Waals surface area contributed by atoms with Crippen LogP contribution in [0, 0.1) is 0 Å². The van der Waals surface area contributed by atoms with Gasteiger partial charge in [-0.15, -0.1) is 0 Å². The Hall–Kier alpha value is -4.42. The Morgan fingerprint density at radius 3 is 1.29 bits per heavy atom. The van der Waals surface area contributed by atoms with Gasteiger partial charge < -0.3 is 44.9 Å². The molecule has 15 nitrogen and oxygen atoms in total. The summed E-state index contributed by atoms with van der Waals surface area (Å²) in [5.74, 6) is -2.77. The summed E-state index contributed by atoms with van der Waals surface area (Å²) in [6.07, 6.45) is 4.42. The van der Waals surface area contributed by atoms with Crippen LogP contribution in [0.2, 0.25) is 0 Å². The molecule has 4 aliphatic rings. The Morgan fingerprint density at radius 1 is 0.636 bits per heavy atom. The topological polar surface area (TPSA) is 191 Å². The molecule has 2 aromatic carbocycles. The van der Waals surface area contributed by atoms with Crippen LogP contribution in [0.25, 0.3) is 0 Å². The first-order valence-corrected chi connectivity index (χ1v) is 20.2. The van der Waals surface area contributed by atoms with Crippen molar-refractivity contribution in [3.8, 4) is 0 Å². The maximum Gasteiger partial charge on any atom is 0.347 e.